The lowest BCUT2D eigenvalue weighted by atomic mass is 10.2. The Kier molecular flexibility index (Phi) is 6.18. The zero-order valence-electron chi connectivity index (χ0n) is 18.2. The number of para-hydroxylation sites is 2. The highest BCUT2D eigenvalue weighted by molar-refractivity contribution is 7.92. The summed E-state index contributed by atoms with van der Waals surface area (Å²) >= 11 is 0. The fourth-order valence-corrected chi connectivity index (χ4v) is 4.14. The molecule has 33 heavy (non-hydrogen) atoms. The number of sulfonamides is 1. The second kappa shape index (κ2) is 9.21. The molecule has 3 aromatic carbocycles. The number of hydrogen-bond donors (Lipinski definition) is 2. The largest absolute Gasteiger partial charge is 0.497 e. The number of aromatic nitrogens is 2. The maximum Gasteiger partial charge on any atom is 0.263 e. The molecule has 0 saturated heterocycles. The van der Waals surface area contributed by atoms with E-state index in [-0.39, 0.29) is 16.5 Å². The maximum atomic E-state index is 13.1. The molecule has 0 atom stereocenters. The third-order valence-electron chi connectivity index (χ3n) is 4.83. The quantitative estimate of drug-likeness (QED) is 0.397. The number of ether oxygens (including phenoxy) is 3. The lowest BCUT2D eigenvalue weighted by Gasteiger charge is -2.16. The van der Waals surface area contributed by atoms with Crippen molar-refractivity contribution in [3.63, 3.8) is 0 Å². The lowest BCUT2D eigenvalue weighted by molar-refractivity contribution is 0.395. The van der Waals surface area contributed by atoms with E-state index in [1.165, 1.54) is 26.4 Å². The van der Waals surface area contributed by atoms with Crippen LogP contribution in [-0.2, 0) is 10.0 Å². The normalized spacial score (nSPS) is 11.1. The van der Waals surface area contributed by atoms with Crippen molar-refractivity contribution in [2.75, 3.05) is 31.4 Å². The summed E-state index contributed by atoms with van der Waals surface area (Å²) in [5.41, 5.74) is 1.70. The molecule has 0 aliphatic carbocycles. The standard InChI is InChI=1S/C23H22N4O5S/c1-30-15-8-11-17(12-9-15)33(28,29)27-23-22(24-18-6-4-5-7-19(18)25-23)26-20-13-10-16(31-2)14-21(20)32-3/h4-14H,1-3H3,(H,24,26)(H,25,27). The fourth-order valence-electron chi connectivity index (χ4n) is 3.13. The van der Waals surface area contributed by atoms with Crippen LogP contribution in [0.2, 0.25) is 0 Å². The number of benzene rings is 3. The smallest absolute Gasteiger partial charge is 0.263 e. The Labute approximate surface area is 191 Å². The minimum Gasteiger partial charge on any atom is -0.497 e. The van der Waals surface area contributed by atoms with E-state index in [4.69, 9.17) is 14.2 Å². The molecule has 0 aliphatic heterocycles. The summed E-state index contributed by atoms with van der Waals surface area (Å²) in [6.45, 7) is 0. The van der Waals surface area contributed by atoms with Gasteiger partial charge in [0.05, 0.1) is 42.9 Å². The summed E-state index contributed by atoms with van der Waals surface area (Å²) in [7, 11) is 0.650. The summed E-state index contributed by atoms with van der Waals surface area (Å²) in [5, 5.41) is 3.13. The van der Waals surface area contributed by atoms with Crippen molar-refractivity contribution in [2.45, 2.75) is 4.90 Å². The average molecular weight is 467 g/mol. The molecule has 0 aliphatic rings. The number of anilines is 3. The van der Waals surface area contributed by atoms with Crippen LogP contribution in [0.25, 0.3) is 11.0 Å². The van der Waals surface area contributed by atoms with Gasteiger partial charge in [-0.2, -0.15) is 0 Å². The van der Waals surface area contributed by atoms with Crippen LogP contribution >= 0.6 is 0 Å². The number of nitrogens with one attached hydrogen (secondary N) is 2. The van der Waals surface area contributed by atoms with E-state index in [0.717, 1.165) is 0 Å². The molecule has 1 aromatic heterocycles. The number of hydrogen-bond acceptors (Lipinski definition) is 8. The molecular formula is C23H22N4O5S. The SMILES string of the molecule is COc1ccc(S(=O)(=O)Nc2nc3ccccc3nc2Nc2ccc(OC)cc2OC)cc1. The Bertz CT molecular complexity index is 1390. The molecule has 0 saturated carbocycles. The van der Waals surface area contributed by atoms with Gasteiger partial charge in [-0.15, -0.1) is 0 Å². The summed E-state index contributed by atoms with van der Waals surface area (Å²) in [6.07, 6.45) is 0. The summed E-state index contributed by atoms with van der Waals surface area (Å²) in [5.74, 6) is 1.92. The first-order valence-electron chi connectivity index (χ1n) is 9.86. The van der Waals surface area contributed by atoms with E-state index in [2.05, 4.69) is 20.0 Å². The second-order valence-electron chi connectivity index (χ2n) is 6.88. The van der Waals surface area contributed by atoms with Crippen LogP contribution in [0.3, 0.4) is 0 Å². The van der Waals surface area contributed by atoms with E-state index in [0.29, 0.717) is 34.0 Å². The van der Waals surface area contributed by atoms with Crippen molar-refractivity contribution in [1.82, 2.24) is 9.97 Å². The van der Waals surface area contributed by atoms with E-state index in [1.54, 1.807) is 55.6 Å². The summed E-state index contributed by atoms with van der Waals surface area (Å²) < 4.78 is 44.4. The van der Waals surface area contributed by atoms with Crippen LogP contribution in [0.1, 0.15) is 0 Å². The third kappa shape index (κ3) is 4.75. The zero-order valence-corrected chi connectivity index (χ0v) is 19.0. The molecule has 10 heteroatoms. The molecule has 0 radical (unpaired) electrons. The van der Waals surface area contributed by atoms with Gasteiger partial charge in [0.2, 0.25) is 0 Å². The molecule has 0 bridgehead atoms. The molecule has 4 rings (SSSR count). The third-order valence-corrected chi connectivity index (χ3v) is 6.19. The van der Waals surface area contributed by atoms with E-state index >= 15 is 0 Å². The first-order chi connectivity index (χ1) is 15.9. The lowest BCUT2D eigenvalue weighted by Crippen LogP contribution is -2.16. The van der Waals surface area contributed by atoms with Crippen LogP contribution in [0, 0.1) is 0 Å². The van der Waals surface area contributed by atoms with Crippen LogP contribution in [-0.4, -0.2) is 39.7 Å². The van der Waals surface area contributed by atoms with Crippen molar-refractivity contribution in [2.24, 2.45) is 0 Å². The van der Waals surface area contributed by atoms with Crippen molar-refractivity contribution in [3.8, 4) is 17.2 Å². The Hall–Kier alpha value is -4.05. The van der Waals surface area contributed by atoms with E-state index < -0.39 is 10.0 Å². The monoisotopic (exact) mass is 466 g/mol. The zero-order chi connectivity index (χ0) is 23.4. The van der Waals surface area contributed by atoms with Gasteiger partial charge in [0.25, 0.3) is 10.0 Å². The highest BCUT2D eigenvalue weighted by Gasteiger charge is 2.20. The van der Waals surface area contributed by atoms with Gasteiger partial charge in [0.15, 0.2) is 11.6 Å². The van der Waals surface area contributed by atoms with Crippen molar-refractivity contribution in [1.29, 1.82) is 0 Å². The topological polar surface area (TPSA) is 112 Å². The first-order valence-corrected chi connectivity index (χ1v) is 11.3. The van der Waals surface area contributed by atoms with E-state index in [1.807, 2.05) is 6.07 Å². The number of rotatable bonds is 8. The number of methoxy groups -OCH3 is 3. The molecule has 9 nitrogen and oxygen atoms in total. The van der Waals surface area contributed by atoms with Gasteiger partial charge in [-0.3, -0.25) is 4.72 Å². The Morgan fingerprint density at radius 1 is 0.727 bits per heavy atom. The predicted molar refractivity (Wildman–Crippen MR) is 126 cm³/mol. The van der Waals surface area contributed by atoms with Crippen molar-refractivity contribution >= 4 is 38.4 Å². The molecule has 170 valence electrons. The molecule has 0 unspecified atom stereocenters. The second-order valence-corrected chi connectivity index (χ2v) is 8.56. The van der Waals surface area contributed by atoms with Gasteiger partial charge in [-0.1, -0.05) is 12.1 Å². The van der Waals surface area contributed by atoms with Gasteiger partial charge in [-0.25, -0.2) is 18.4 Å². The molecule has 1 heterocycles. The number of nitrogens with zero attached hydrogens (tertiary/aromatic N) is 2. The minimum atomic E-state index is -3.95. The minimum absolute atomic E-state index is 0.0439. The Morgan fingerprint density at radius 2 is 1.33 bits per heavy atom. The molecule has 0 amide bonds. The summed E-state index contributed by atoms with van der Waals surface area (Å²) in [6, 6.07) is 18.4. The van der Waals surface area contributed by atoms with Crippen LogP contribution in [0.15, 0.2) is 71.6 Å². The van der Waals surface area contributed by atoms with Gasteiger partial charge in [-0.05, 0) is 48.5 Å². The Morgan fingerprint density at radius 3 is 1.94 bits per heavy atom. The highest BCUT2D eigenvalue weighted by atomic mass is 32.2. The van der Waals surface area contributed by atoms with Gasteiger partial charge in [0.1, 0.15) is 17.2 Å². The van der Waals surface area contributed by atoms with Crippen LogP contribution in [0.4, 0.5) is 17.3 Å². The maximum absolute atomic E-state index is 13.1. The molecular weight excluding hydrogens is 444 g/mol. The van der Waals surface area contributed by atoms with Crippen LogP contribution < -0.4 is 24.2 Å². The molecule has 0 fully saturated rings. The average Bonchev–Trinajstić information content (AvgIpc) is 2.84. The van der Waals surface area contributed by atoms with Crippen LogP contribution in [0.5, 0.6) is 17.2 Å². The van der Waals surface area contributed by atoms with Crippen molar-refractivity contribution < 1.29 is 22.6 Å². The Balaban J connectivity index is 1.76. The van der Waals surface area contributed by atoms with Crippen molar-refractivity contribution in [3.05, 3.63) is 66.7 Å². The first kappa shape index (κ1) is 22.2. The van der Waals surface area contributed by atoms with Gasteiger partial charge < -0.3 is 19.5 Å². The fraction of sp³-hybridized carbons (Fsp3) is 0.130. The molecule has 2 N–H and O–H groups in total. The summed E-state index contributed by atoms with van der Waals surface area (Å²) in [4.78, 5) is 9.15. The van der Waals surface area contributed by atoms with Gasteiger partial charge >= 0.3 is 0 Å². The van der Waals surface area contributed by atoms with E-state index in [9.17, 15) is 8.42 Å². The molecule has 4 aromatic rings. The number of fused-ring (bicyclic) bond motifs is 1. The predicted octanol–water partition coefficient (Wildman–Crippen LogP) is 4.20. The molecule has 0 spiro atoms. The highest BCUT2D eigenvalue weighted by Crippen LogP contribution is 2.34. The van der Waals surface area contributed by atoms with Gasteiger partial charge in [0, 0.05) is 6.07 Å².